The molecule has 0 aromatic heterocycles. The number of hydrazine groups is 1. The van der Waals surface area contributed by atoms with Crippen LogP contribution < -0.4 is 20.3 Å². The van der Waals surface area contributed by atoms with Crippen LogP contribution in [0, 0.1) is 0 Å². The molecule has 0 bridgehead atoms. The molecule has 1 heterocycles. The van der Waals surface area contributed by atoms with Gasteiger partial charge in [-0.15, -0.1) is 0 Å². The molecule has 2 N–H and O–H groups in total. The average molecular weight is 370 g/mol. The first-order valence-electron chi connectivity index (χ1n) is 8.75. The van der Waals surface area contributed by atoms with Crippen LogP contribution in [0.5, 0.6) is 11.5 Å². The van der Waals surface area contributed by atoms with E-state index in [4.69, 9.17) is 14.2 Å². The molecule has 2 amide bonds. The van der Waals surface area contributed by atoms with E-state index in [9.17, 15) is 9.59 Å². The zero-order valence-electron chi connectivity index (χ0n) is 15.1. The van der Waals surface area contributed by atoms with Gasteiger partial charge in [0.15, 0.2) is 0 Å². The molecule has 1 atom stereocenters. The van der Waals surface area contributed by atoms with Gasteiger partial charge in [-0.1, -0.05) is 0 Å². The normalized spacial score (nSPS) is 15.8. The quantitative estimate of drug-likeness (QED) is 0.763. The van der Waals surface area contributed by atoms with Crippen LogP contribution in [0.25, 0.3) is 0 Å². The molecule has 2 aromatic carbocycles. The van der Waals surface area contributed by atoms with Crippen molar-refractivity contribution in [3.63, 3.8) is 0 Å². The minimum atomic E-state index is -0.414. The molecular weight excluding hydrogens is 348 g/mol. The van der Waals surface area contributed by atoms with Gasteiger partial charge in [-0.05, 0) is 61.4 Å². The van der Waals surface area contributed by atoms with Gasteiger partial charge in [0.1, 0.15) is 18.1 Å². The van der Waals surface area contributed by atoms with E-state index in [0.717, 1.165) is 19.4 Å². The zero-order valence-corrected chi connectivity index (χ0v) is 15.1. The predicted octanol–water partition coefficient (Wildman–Crippen LogP) is 2.33. The van der Waals surface area contributed by atoms with E-state index in [2.05, 4.69) is 10.9 Å². The standard InChI is InChI=1S/C20H22N2O5/c1-25-16-8-4-14(5-9-16)19(23)21-22-20(24)15-6-10-17(11-7-15)27-13-18-3-2-12-26-18/h4-11,18H,2-3,12-13H2,1H3,(H,21,23)(H,22,24). The summed E-state index contributed by atoms with van der Waals surface area (Å²) in [6.07, 6.45) is 2.21. The number of nitrogens with one attached hydrogen (secondary N) is 2. The molecule has 7 nitrogen and oxygen atoms in total. The Morgan fingerprint density at radius 2 is 1.52 bits per heavy atom. The highest BCUT2D eigenvalue weighted by molar-refractivity contribution is 5.99. The molecule has 27 heavy (non-hydrogen) atoms. The summed E-state index contributed by atoms with van der Waals surface area (Å²) in [5.74, 6) is 0.492. The fourth-order valence-corrected chi connectivity index (χ4v) is 2.67. The van der Waals surface area contributed by atoms with Crippen molar-refractivity contribution in [2.75, 3.05) is 20.3 Å². The Morgan fingerprint density at radius 3 is 2.00 bits per heavy atom. The number of hydrogen-bond donors (Lipinski definition) is 2. The molecule has 0 radical (unpaired) electrons. The first-order chi connectivity index (χ1) is 13.2. The summed E-state index contributed by atoms with van der Waals surface area (Å²) in [5.41, 5.74) is 5.60. The average Bonchev–Trinajstić information content (AvgIpc) is 3.24. The lowest BCUT2D eigenvalue weighted by atomic mass is 10.2. The van der Waals surface area contributed by atoms with E-state index in [0.29, 0.717) is 29.2 Å². The first kappa shape index (κ1) is 18.7. The molecule has 0 aliphatic carbocycles. The summed E-state index contributed by atoms with van der Waals surface area (Å²) in [4.78, 5) is 24.2. The first-order valence-corrected chi connectivity index (χ1v) is 8.75. The monoisotopic (exact) mass is 370 g/mol. The number of carbonyl (C=O) groups is 2. The van der Waals surface area contributed by atoms with Crippen LogP contribution in [0.2, 0.25) is 0 Å². The summed E-state index contributed by atoms with van der Waals surface area (Å²) in [6.45, 7) is 1.29. The Morgan fingerprint density at radius 1 is 0.963 bits per heavy atom. The highest BCUT2D eigenvalue weighted by Gasteiger charge is 2.16. The third-order valence-corrected chi connectivity index (χ3v) is 4.22. The lowest BCUT2D eigenvalue weighted by Gasteiger charge is -2.12. The number of amides is 2. The van der Waals surface area contributed by atoms with Crippen LogP contribution in [0.1, 0.15) is 33.6 Å². The van der Waals surface area contributed by atoms with Crippen molar-refractivity contribution >= 4 is 11.8 Å². The number of ether oxygens (including phenoxy) is 3. The van der Waals surface area contributed by atoms with Gasteiger partial charge in [0.05, 0.1) is 13.2 Å². The summed E-state index contributed by atoms with van der Waals surface area (Å²) in [7, 11) is 1.55. The molecule has 1 aliphatic heterocycles. The molecule has 0 saturated carbocycles. The van der Waals surface area contributed by atoms with Crippen molar-refractivity contribution in [2.45, 2.75) is 18.9 Å². The fraction of sp³-hybridized carbons (Fsp3) is 0.300. The van der Waals surface area contributed by atoms with Crippen LogP contribution in [0.3, 0.4) is 0 Å². The summed E-state index contributed by atoms with van der Waals surface area (Å²) in [5, 5.41) is 0. The van der Waals surface area contributed by atoms with Gasteiger partial charge in [-0.2, -0.15) is 0 Å². The van der Waals surface area contributed by atoms with Crippen LogP contribution in [0.4, 0.5) is 0 Å². The Labute approximate surface area is 157 Å². The summed E-state index contributed by atoms with van der Waals surface area (Å²) in [6, 6.07) is 13.3. The van der Waals surface area contributed by atoms with Crippen LogP contribution in [-0.4, -0.2) is 38.2 Å². The van der Waals surface area contributed by atoms with Gasteiger partial charge in [0, 0.05) is 17.7 Å². The van der Waals surface area contributed by atoms with Gasteiger partial charge >= 0.3 is 0 Å². The molecular formula is C20H22N2O5. The molecule has 1 fully saturated rings. The number of carbonyl (C=O) groups excluding carboxylic acids is 2. The van der Waals surface area contributed by atoms with Crippen molar-refractivity contribution in [3.8, 4) is 11.5 Å². The number of rotatable bonds is 6. The maximum atomic E-state index is 12.2. The van der Waals surface area contributed by atoms with Gasteiger partial charge < -0.3 is 14.2 Å². The van der Waals surface area contributed by atoms with Gasteiger partial charge in [-0.3, -0.25) is 20.4 Å². The highest BCUT2D eigenvalue weighted by atomic mass is 16.5. The summed E-state index contributed by atoms with van der Waals surface area (Å²) >= 11 is 0. The Kier molecular flexibility index (Phi) is 6.27. The van der Waals surface area contributed by atoms with E-state index < -0.39 is 11.8 Å². The van der Waals surface area contributed by atoms with Crippen molar-refractivity contribution in [1.29, 1.82) is 0 Å². The van der Waals surface area contributed by atoms with Crippen molar-refractivity contribution in [3.05, 3.63) is 59.7 Å². The minimum Gasteiger partial charge on any atom is -0.497 e. The van der Waals surface area contributed by atoms with Crippen molar-refractivity contribution < 1.29 is 23.8 Å². The number of methoxy groups -OCH3 is 1. The summed E-state index contributed by atoms with van der Waals surface area (Å²) < 4.78 is 16.2. The molecule has 1 aliphatic rings. The maximum Gasteiger partial charge on any atom is 0.269 e. The molecule has 142 valence electrons. The highest BCUT2D eigenvalue weighted by Crippen LogP contribution is 2.16. The zero-order chi connectivity index (χ0) is 19.1. The van der Waals surface area contributed by atoms with Gasteiger partial charge in [0.2, 0.25) is 0 Å². The second-order valence-corrected chi connectivity index (χ2v) is 6.11. The van der Waals surface area contributed by atoms with E-state index in [-0.39, 0.29) is 6.10 Å². The fourth-order valence-electron chi connectivity index (χ4n) is 2.67. The van der Waals surface area contributed by atoms with Crippen molar-refractivity contribution in [1.82, 2.24) is 10.9 Å². The van der Waals surface area contributed by atoms with Gasteiger partial charge in [-0.25, -0.2) is 0 Å². The molecule has 1 unspecified atom stereocenters. The van der Waals surface area contributed by atoms with E-state index >= 15 is 0 Å². The third-order valence-electron chi connectivity index (χ3n) is 4.22. The van der Waals surface area contributed by atoms with E-state index in [1.54, 1.807) is 55.6 Å². The van der Waals surface area contributed by atoms with Crippen LogP contribution >= 0.6 is 0 Å². The van der Waals surface area contributed by atoms with Crippen molar-refractivity contribution in [2.24, 2.45) is 0 Å². The molecule has 2 aromatic rings. The lowest BCUT2D eigenvalue weighted by molar-refractivity contribution is 0.0679. The van der Waals surface area contributed by atoms with Crippen LogP contribution in [0.15, 0.2) is 48.5 Å². The molecule has 1 saturated heterocycles. The SMILES string of the molecule is COc1ccc(C(=O)NNC(=O)c2ccc(OCC3CCCO3)cc2)cc1. The molecule has 0 spiro atoms. The Balaban J connectivity index is 1.47. The van der Waals surface area contributed by atoms with E-state index in [1.165, 1.54) is 0 Å². The second-order valence-electron chi connectivity index (χ2n) is 6.11. The Hall–Kier alpha value is -3.06. The second kappa shape index (κ2) is 9.05. The molecule has 3 rings (SSSR count). The minimum absolute atomic E-state index is 0.140. The maximum absolute atomic E-state index is 12.2. The third kappa shape index (κ3) is 5.21. The Bertz CT molecular complexity index is 768. The number of benzene rings is 2. The van der Waals surface area contributed by atoms with E-state index in [1.807, 2.05) is 0 Å². The van der Waals surface area contributed by atoms with Crippen LogP contribution in [-0.2, 0) is 4.74 Å². The predicted molar refractivity (Wildman–Crippen MR) is 98.8 cm³/mol. The largest absolute Gasteiger partial charge is 0.497 e. The molecule has 7 heteroatoms. The number of hydrogen-bond acceptors (Lipinski definition) is 5. The smallest absolute Gasteiger partial charge is 0.269 e. The lowest BCUT2D eigenvalue weighted by Crippen LogP contribution is -2.41. The topological polar surface area (TPSA) is 85.9 Å². The van der Waals surface area contributed by atoms with Gasteiger partial charge in [0.25, 0.3) is 11.8 Å².